The van der Waals surface area contributed by atoms with E-state index in [2.05, 4.69) is 20.8 Å². The van der Waals surface area contributed by atoms with Gasteiger partial charge in [0.05, 0.1) is 12.3 Å². The highest BCUT2D eigenvalue weighted by Crippen LogP contribution is 2.24. The van der Waals surface area contributed by atoms with Gasteiger partial charge >= 0.3 is 0 Å². The number of hydrogen-bond donors (Lipinski definition) is 2. The van der Waals surface area contributed by atoms with Crippen molar-refractivity contribution in [3.05, 3.63) is 18.2 Å². The number of primary sulfonamides is 1. The topological polar surface area (TPSA) is 95.4 Å². The van der Waals surface area contributed by atoms with Gasteiger partial charge in [-0.1, -0.05) is 20.8 Å². The minimum absolute atomic E-state index is 0.0781. The van der Waals surface area contributed by atoms with Crippen LogP contribution in [0.15, 0.2) is 23.1 Å². The second kappa shape index (κ2) is 5.16. The first kappa shape index (κ1) is 14.8. The van der Waals surface area contributed by atoms with E-state index >= 15 is 0 Å². The van der Waals surface area contributed by atoms with Crippen LogP contribution in [0.5, 0.6) is 5.75 Å². The molecule has 102 valence electrons. The fraction of sp³-hybridized carbons (Fsp3) is 0.500. The second-order valence-corrected chi connectivity index (χ2v) is 6.93. The molecule has 0 heterocycles. The molecular formula is C12H20N2O3S. The SMILES string of the molecule is CC(C)(C)CCOc1ccc(S(N)(=O)=O)c(N)c1. The lowest BCUT2D eigenvalue weighted by Gasteiger charge is -2.18. The van der Waals surface area contributed by atoms with Crippen molar-refractivity contribution in [2.24, 2.45) is 10.6 Å². The van der Waals surface area contributed by atoms with Gasteiger partial charge in [-0.2, -0.15) is 0 Å². The van der Waals surface area contributed by atoms with Gasteiger partial charge in [-0.15, -0.1) is 0 Å². The Bertz CT molecular complexity index is 519. The Balaban J connectivity index is 2.74. The standard InChI is InChI=1S/C12H20N2O3S/c1-12(2,3)6-7-17-9-4-5-11(10(13)8-9)18(14,15)16/h4-5,8H,6-7,13H2,1-3H3,(H2,14,15,16). The van der Waals surface area contributed by atoms with Gasteiger partial charge in [-0.25, -0.2) is 13.6 Å². The summed E-state index contributed by atoms with van der Waals surface area (Å²) in [5.74, 6) is 0.546. The number of sulfonamides is 1. The number of nitrogen functional groups attached to an aromatic ring is 1. The molecule has 4 N–H and O–H groups in total. The van der Waals surface area contributed by atoms with Gasteiger partial charge in [-0.05, 0) is 24.0 Å². The number of rotatable bonds is 4. The van der Waals surface area contributed by atoms with E-state index in [1.807, 2.05) is 0 Å². The van der Waals surface area contributed by atoms with Crippen LogP contribution in [0, 0.1) is 5.41 Å². The molecule has 0 atom stereocenters. The van der Waals surface area contributed by atoms with Crippen LogP contribution in [-0.2, 0) is 10.0 Å². The highest BCUT2D eigenvalue weighted by atomic mass is 32.2. The Morgan fingerprint density at radius 3 is 2.33 bits per heavy atom. The number of ether oxygens (including phenoxy) is 1. The van der Waals surface area contributed by atoms with Crippen LogP contribution in [0.3, 0.4) is 0 Å². The Morgan fingerprint density at radius 2 is 1.89 bits per heavy atom. The summed E-state index contributed by atoms with van der Waals surface area (Å²) < 4.78 is 27.8. The zero-order valence-corrected chi connectivity index (χ0v) is 11.8. The van der Waals surface area contributed by atoms with E-state index in [9.17, 15) is 8.42 Å². The molecule has 0 unspecified atom stereocenters. The molecule has 1 aromatic rings. The molecule has 1 rings (SSSR count). The molecule has 1 aromatic carbocycles. The lowest BCUT2D eigenvalue weighted by molar-refractivity contribution is 0.243. The fourth-order valence-electron chi connectivity index (χ4n) is 1.35. The minimum atomic E-state index is -3.77. The quantitative estimate of drug-likeness (QED) is 0.816. The van der Waals surface area contributed by atoms with Crippen molar-refractivity contribution in [3.63, 3.8) is 0 Å². The third-order valence-electron chi connectivity index (χ3n) is 2.41. The van der Waals surface area contributed by atoms with Gasteiger partial charge in [0.15, 0.2) is 0 Å². The van der Waals surface area contributed by atoms with Crippen LogP contribution in [0.1, 0.15) is 27.2 Å². The van der Waals surface area contributed by atoms with E-state index in [0.717, 1.165) is 6.42 Å². The van der Waals surface area contributed by atoms with E-state index in [-0.39, 0.29) is 16.0 Å². The molecule has 0 amide bonds. The summed E-state index contributed by atoms with van der Waals surface area (Å²) in [6.45, 7) is 6.91. The smallest absolute Gasteiger partial charge is 0.240 e. The third-order valence-corrected chi connectivity index (χ3v) is 3.39. The number of anilines is 1. The van der Waals surface area contributed by atoms with Gasteiger partial charge in [0, 0.05) is 6.07 Å². The van der Waals surface area contributed by atoms with Crippen molar-refractivity contribution in [1.29, 1.82) is 0 Å². The number of nitrogens with two attached hydrogens (primary N) is 2. The summed E-state index contributed by atoms with van der Waals surface area (Å²) in [5, 5.41) is 5.02. The summed E-state index contributed by atoms with van der Waals surface area (Å²) in [5.41, 5.74) is 5.92. The van der Waals surface area contributed by atoms with Crippen LogP contribution in [0.4, 0.5) is 5.69 Å². The maximum atomic E-state index is 11.2. The van der Waals surface area contributed by atoms with E-state index in [0.29, 0.717) is 12.4 Å². The van der Waals surface area contributed by atoms with Gasteiger partial charge in [0.2, 0.25) is 10.0 Å². The zero-order chi connectivity index (χ0) is 14.0. The van der Waals surface area contributed by atoms with Crippen molar-refractivity contribution in [1.82, 2.24) is 0 Å². The average Bonchev–Trinajstić information content (AvgIpc) is 2.13. The molecule has 0 aliphatic carbocycles. The van der Waals surface area contributed by atoms with E-state index in [1.54, 1.807) is 6.07 Å². The summed E-state index contributed by atoms with van der Waals surface area (Å²) in [7, 11) is -3.77. The molecule has 0 bridgehead atoms. The maximum absolute atomic E-state index is 11.2. The van der Waals surface area contributed by atoms with Gasteiger partial charge in [-0.3, -0.25) is 0 Å². The number of benzene rings is 1. The summed E-state index contributed by atoms with van der Waals surface area (Å²) in [6.07, 6.45) is 0.893. The van der Waals surface area contributed by atoms with Crippen molar-refractivity contribution < 1.29 is 13.2 Å². The van der Waals surface area contributed by atoms with Crippen LogP contribution in [0.25, 0.3) is 0 Å². The largest absolute Gasteiger partial charge is 0.493 e. The molecule has 0 fully saturated rings. The highest BCUT2D eigenvalue weighted by molar-refractivity contribution is 7.89. The highest BCUT2D eigenvalue weighted by Gasteiger charge is 2.13. The van der Waals surface area contributed by atoms with E-state index in [1.165, 1.54) is 12.1 Å². The molecular weight excluding hydrogens is 252 g/mol. The third kappa shape index (κ3) is 4.54. The Labute approximate surface area is 108 Å². The predicted octanol–water partition coefficient (Wildman–Crippen LogP) is 1.73. The minimum Gasteiger partial charge on any atom is -0.493 e. The van der Waals surface area contributed by atoms with Crippen molar-refractivity contribution >= 4 is 15.7 Å². The monoisotopic (exact) mass is 272 g/mol. The maximum Gasteiger partial charge on any atom is 0.240 e. The average molecular weight is 272 g/mol. The molecule has 0 aliphatic rings. The van der Waals surface area contributed by atoms with Crippen LogP contribution in [0.2, 0.25) is 0 Å². The molecule has 18 heavy (non-hydrogen) atoms. The molecule has 0 spiro atoms. The first-order valence-electron chi connectivity index (χ1n) is 5.65. The van der Waals surface area contributed by atoms with Crippen LogP contribution in [-0.4, -0.2) is 15.0 Å². The Hall–Kier alpha value is -1.27. The zero-order valence-electron chi connectivity index (χ0n) is 10.9. The molecule has 6 heteroatoms. The van der Waals surface area contributed by atoms with Crippen molar-refractivity contribution in [3.8, 4) is 5.75 Å². The summed E-state index contributed by atoms with van der Waals surface area (Å²) in [6, 6.07) is 4.39. The molecule has 0 radical (unpaired) electrons. The first-order valence-corrected chi connectivity index (χ1v) is 7.19. The summed E-state index contributed by atoms with van der Waals surface area (Å²) >= 11 is 0. The Morgan fingerprint density at radius 1 is 1.28 bits per heavy atom. The van der Waals surface area contributed by atoms with E-state index < -0.39 is 10.0 Å². The molecule has 0 aromatic heterocycles. The second-order valence-electron chi connectivity index (χ2n) is 5.40. The molecule has 0 saturated carbocycles. The fourth-order valence-corrected chi connectivity index (χ4v) is 2.00. The van der Waals surface area contributed by atoms with Gasteiger partial charge < -0.3 is 10.5 Å². The van der Waals surface area contributed by atoms with Crippen LogP contribution >= 0.6 is 0 Å². The molecule has 5 nitrogen and oxygen atoms in total. The molecule has 0 aliphatic heterocycles. The number of hydrogen-bond acceptors (Lipinski definition) is 4. The van der Waals surface area contributed by atoms with Crippen molar-refractivity contribution in [2.45, 2.75) is 32.1 Å². The molecule has 0 saturated heterocycles. The predicted molar refractivity (Wildman–Crippen MR) is 71.8 cm³/mol. The van der Waals surface area contributed by atoms with E-state index in [4.69, 9.17) is 15.6 Å². The first-order chi connectivity index (χ1) is 8.09. The lowest BCUT2D eigenvalue weighted by atomic mass is 9.93. The normalized spacial score (nSPS) is 12.4. The van der Waals surface area contributed by atoms with Gasteiger partial charge in [0.25, 0.3) is 0 Å². The van der Waals surface area contributed by atoms with Crippen molar-refractivity contribution in [2.75, 3.05) is 12.3 Å². The van der Waals surface area contributed by atoms with Gasteiger partial charge in [0.1, 0.15) is 10.6 Å². The Kier molecular flexibility index (Phi) is 4.24. The lowest BCUT2D eigenvalue weighted by Crippen LogP contribution is -2.14. The van der Waals surface area contributed by atoms with Crippen LogP contribution < -0.4 is 15.6 Å². The summed E-state index contributed by atoms with van der Waals surface area (Å²) in [4.78, 5) is -0.0781.